The number of benzene rings is 2. The van der Waals surface area contributed by atoms with Gasteiger partial charge in [-0.15, -0.1) is 0 Å². The van der Waals surface area contributed by atoms with Crippen LogP contribution in [0.1, 0.15) is 32.0 Å². The molecule has 1 fully saturated rings. The van der Waals surface area contributed by atoms with E-state index in [1.54, 1.807) is 43.5 Å². The van der Waals surface area contributed by atoms with E-state index < -0.39 is 5.82 Å². The van der Waals surface area contributed by atoms with Crippen LogP contribution in [0.4, 0.5) is 4.39 Å². The van der Waals surface area contributed by atoms with E-state index >= 15 is 0 Å². The Labute approximate surface area is 207 Å². The second-order valence-electron chi connectivity index (χ2n) is 8.90. The van der Waals surface area contributed by atoms with Crippen molar-refractivity contribution in [3.63, 3.8) is 0 Å². The Morgan fingerprint density at radius 3 is 2.72 bits per heavy atom. The molecule has 0 aliphatic carbocycles. The third-order valence-corrected chi connectivity index (χ3v) is 6.50. The van der Waals surface area contributed by atoms with Crippen LogP contribution in [0.3, 0.4) is 0 Å². The molecule has 0 unspecified atom stereocenters. The molecular formula is C27H27FN4O4. The summed E-state index contributed by atoms with van der Waals surface area (Å²) in [5, 5.41) is 7.71. The molecule has 36 heavy (non-hydrogen) atoms. The Balaban J connectivity index is 1.39. The SMILES string of the molecule is Cc1onc(-c2cccc(F)c2)c1C(=O)c1cn(C)c2cc(C(=O)NCCN3CCOCC3)ccc12. The first-order valence-corrected chi connectivity index (χ1v) is 11.9. The molecule has 3 heterocycles. The van der Waals surface area contributed by atoms with E-state index in [4.69, 9.17) is 9.26 Å². The second-order valence-corrected chi connectivity index (χ2v) is 8.90. The minimum Gasteiger partial charge on any atom is -0.379 e. The van der Waals surface area contributed by atoms with Gasteiger partial charge in [0.2, 0.25) is 5.78 Å². The van der Waals surface area contributed by atoms with Crippen molar-refractivity contribution in [2.45, 2.75) is 6.92 Å². The monoisotopic (exact) mass is 490 g/mol. The van der Waals surface area contributed by atoms with Gasteiger partial charge < -0.3 is 19.1 Å². The number of nitrogens with zero attached hydrogens (tertiary/aromatic N) is 3. The van der Waals surface area contributed by atoms with Crippen molar-refractivity contribution >= 4 is 22.6 Å². The molecule has 9 heteroatoms. The van der Waals surface area contributed by atoms with Crippen molar-refractivity contribution in [3.05, 3.63) is 76.9 Å². The maximum atomic E-state index is 13.8. The van der Waals surface area contributed by atoms with Crippen LogP contribution < -0.4 is 5.32 Å². The molecule has 0 saturated carbocycles. The molecular weight excluding hydrogens is 463 g/mol. The van der Waals surface area contributed by atoms with Crippen LogP contribution >= 0.6 is 0 Å². The van der Waals surface area contributed by atoms with Crippen LogP contribution in [0.5, 0.6) is 0 Å². The van der Waals surface area contributed by atoms with Crippen LogP contribution in [-0.2, 0) is 11.8 Å². The lowest BCUT2D eigenvalue weighted by Crippen LogP contribution is -2.41. The standard InChI is InChI=1S/C27H27FN4O4/c1-17-24(25(30-36-17)18-4-3-5-20(28)14-18)26(33)22-16-31(2)23-15-19(6-7-21(22)23)27(34)29-8-9-32-10-12-35-13-11-32/h3-7,14-16H,8-13H2,1-2H3,(H,29,34). The number of halogens is 1. The van der Waals surface area contributed by atoms with Crippen LogP contribution in [-0.4, -0.2) is 65.7 Å². The fraction of sp³-hybridized carbons (Fsp3) is 0.296. The number of carbonyl (C=O) groups is 2. The van der Waals surface area contributed by atoms with Gasteiger partial charge in [-0.2, -0.15) is 0 Å². The molecule has 5 rings (SSSR count). The summed E-state index contributed by atoms with van der Waals surface area (Å²) in [6.07, 6.45) is 1.73. The minimum absolute atomic E-state index is 0.164. The number of rotatable bonds is 7. The Bertz CT molecular complexity index is 1440. The Morgan fingerprint density at radius 2 is 1.94 bits per heavy atom. The van der Waals surface area contributed by atoms with Crippen molar-refractivity contribution in [1.29, 1.82) is 0 Å². The molecule has 0 bridgehead atoms. The maximum Gasteiger partial charge on any atom is 0.251 e. The number of hydrogen-bond acceptors (Lipinski definition) is 6. The van der Waals surface area contributed by atoms with E-state index in [0.29, 0.717) is 40.1 Å². The van der Waals surface area contributed by atoms with Gasteiger partial charge in [0.05, 0.1) is 18.8 Å². The minimum atomic E-state index is -0.424. The molecule has 2 aromatic heterocycles. The van der Waals surface area contributed by atoms with Gasteiger partial charge in [0.1, 0.15) is 17.3 Å². The van der Waals surface area contributed by atoms with Gasteiger partial charge >= 0.3 is 0 Å². The number of hydrogen-bond donors (Lipinski definition) is 1. The number of nitrogens with one attached hydrogen (secondary N) is 1. The smallest absolute Gasteiger partial charge is 0.251 e. The van der Waals surface area contributed by atoms with Gasteiger partial charge in [-0.25, -0.2) is 4.39 Å². The number of ketones is 1. The summed E-state index contributed by atoms with van der Waals surface area (Å²) >= 11 is 0. The predicted octanol–water partition coefficient (Wildman–Crippen LogP) is 3.57. The zero-order valence-corrected chi connectivity index (χ0v) is 20.2. The summed E-state index contributed by atoms with van der Waals surface area (Å²) < 4.78 is 26.3. The summed E-state index contributed by atoms with van der Waals surface area (Å²) in [5.41, 5.74) is 2.78. The number of carbonyl (C=O) groups excluding carboxylic acids is 2. The van der Waals surface area contributed by atoms with Gasteiger partial charge in [0.15, 0.2) is 0 Å². The lowest BCUT2D eigenvalue weighted by atomic mass is 9.97. The molecule has 1 aliphatic rings. The van der Waals surface area contributed by atoms with Crippen molar-refractivity contribution in [2.24, 2.45) is 7.05 Å². The van der Waals surface area contributed by atoms with Crippen LogP contribution in [0, 0.1) is 12.7 Å². The van der Waals surface area contributed by atoms with Gasteiger partial charge in [-0.3, -0.25) is 14.5 Å². The largest absolute Gasteiger partial charge is 0.379 e. The molecule has 4 aromatic rings. The number of amides is 1. The summed E-state index contributed by atoms with van der Waals surface area (Å²) in [4.78, 5) is 28.7. The van der Waals surface area contributed by atoms with E-state index in [1.165, 1.54) is 12.1 Å². The van der Waals surface area contributed by atoms with Gasteiger partial charge in [-0.05, 0) is 31.2 Å². The fourth-order valence-corrected chi connectivity index (χ4v) is 4.57. The molecule has 2 aromatic carbocycles. The number of aryl methyl sites for hydroxylation is 2. The quantitative estimate of drug-likeness (QED) is 0.399. The summed E-state index contributed by atoms with van der Waals surface area (Å²) in [6, 6.07) is 11.2. The van der Waals surface area contributed by atoms with E-state index in [2.05, 4.69) is 15.4 Å². The molecule has 0 radical (unpaired) electrons. The zero-order chi connectivity index (χ0) is 25.2. The normalized spacial score (nSPS) is 14.3. The molecule has 8 nitrogen and oxygen atoms in total. The highest BCUT2D eigenvalue weighted by atomic mass is 19.1. The summed E-state index contributed by atoms with van der Waals surface area (Å²) in [5.74, 6) is -0.510. The second kappa shape index (κ2) is 10.0. The number of morpholine rings is 1. The van der Waals surface area contributed by atoms with Gasteiger partial charge in [-0.1, -0.05) is 23.4 Å². The van der Waals surface area contributed by atoms with E-state index in [0.717, 1.165) is 38.4 Å². The lowest BCUT2D eigenvalue weighted by molar-refractivity contribution is 0.0383. The third kappa shape index (κ3) is 4.67. The third-order valence-electron chi connectivity index (χ3n) is 6.50. The molecule has 1 amide bonds. The Kier molecular flexibility index (Phi) is 6.67. The van der Waals surface area contributed by atoms with Crippen LogP contribution in [0.15, 0.2) is 53.2 Å². The molecule has 0 spiro atoms. The van der Waals surface area contributed by atoms with Crippen molar-refractivity contribution < 1.29 is 23.2 Å². The highest BCUT2D eigenvalue weighted by Gasteiger charge is 2.26. The number of aromatic nitrogens is 2. The van der Waals surface area contributed by atoms with E-state index in [-0.39, 0.29) is 17.3 Å². The first-order chi connectivity index (χ1) is 17.4. The number of ether oxygens (including phenoxy) is 1. The maximum absolute atomic E-state index is 13.8. The van der Waals surface area contributed by atoms with Crippen LogP contribution in [0.2, 0.25) is 0 Å². The molecule has 1 saturated heterocycles. The molecule has 1 aliphatic heterocycles. The van der Waals surface area contributed by atoms with Crippen molar-refractivity contribution in [3.8, 4) is 11.3 Å². The highest BCUT2D eigenvalue weighted by molar-refractivity contribution is 6.19. The molecule has 186 valence electrons. The Morgan fingerprint density at radius 1 is 1.14 bits per heavy atom. The lowest BCUT2D eigenvalue weighted by Gasteiger charge is -2.26. The number of fused-ring (bicyclic) bond motifs is 1. The summed E-state index contributed by atoms with van der Waals surface area (Å²) in [7, 11) is 1.83. The summed E-state index contributed by atoms with van der Waals surface area (Å²) in [6.45, 7) is 6.15. The first-order valence-electron chi connectivity index (χ1n) is 11.9. The van der Waals surface area contributed by atoms with Gasteiger partial charge in [0, 0.05) is 67.0 Å². The highest BCUT2D eigenvalue weighted by Crippen LogP contribution is 2.31. The average molecular weight is 491 g/mol. The topological polar surface area (TPSA) is 89.6 Å². The first kappa shape index (κ1) is 23.9. The Hall–Kier alpha value is -3.82. The van der Waals surface area contributed by atoms with E-state index in [9.17, 15) is 14.0 Å². The zero-order valence-electron chi connectivity index (χ0n) is 20.2. The fourth-order valence-electron chi connectivity index (χ4n) is 4.57. The van der Waals surface area contributed by atoms with E-state index in [1.807, 2.05) is 11.6 Å². The molecule has 0 atom stereocenters. The van der Waals surface area contributed by atoms with Crippen molar-refractivity contribution in [1.82, 2.24) is 19.9 Å². The van der Waals surface area contributed by atoms with Crippen molar-refractivity contribution in [2.75, 3.05) is 39.4 Å². The van der Waals surface area contributed by atoms with Gasteiger partial charge in [0.25, 0.3) is 5.91 Å². The van der Waals surface area contributed by atoms with Crippen LogP contribution in [0.25, 0.3) is 22.2 Å². The molecule has 1 N–H and O–H groups in total. The predicted molar refractivity (Wildman–Crippen MR) is 133 cm³/mol. The average Bonchev–Trinajstić information content (AvgIpc) is 3.44.